The predicted molar refractivity (Wildman–Crippen MR) is 87.3 cm³/mol. The van der Waals surface area contributed by atoms with Gasteiger partial charge in [-0.1, -0.05) is 116 Å². The molecule has 0 aliphatic rings. The van der Waals surface area contributed by atoms with Crippen LogP contribution in [0.4, 0.5) is 0 Å². The smallest absolute Gasteiger partial charge is 0.0844 e. The van der Waals surface area contributed by atoms with Gasteiger partial charge >= 0.3 is 0 Å². The van der Waals surface area contributed by atoms with Gasteiger partial charge in [0.05, 0.1) is 0 Å². The Bertz CT molecular complexity index is 155. The van der Waals surface area contributed by atoms with Crippen LogP contribution >= 0.6 is 148 Å². The standard InChI is InChI=1S/C2Br2Cl4.C2Cl6/c3-1(5,6)2(4,7)8;3-1(4,5)2(6,7)8. The highest BCUT2D eigenvalue weighted by Crippen LogP contribution is 2.51. The third kappa shape index (κ3) is 10.6. The summed E-state index contributed by atoms with van der Waals surface area (Å²) in [6.07, 6.45) is 0. The van der Waals surface area contributed by atoms with E-state index in [0.717, 1.165) is 0 Å². The Hall–Kier alpha value is 3.86. The van der Waals surface area contributed by atoms with Crippen LogP contribution in [0.25, 0.3) is 0 Å². The van der Waals surface area contributed by atoms with Crippen LogP contribution in [0, 0.1) is 0 Å². The average Bonchev–Trinajstić information content (AvgIpc) is 1.77. The molecule has 0 aliphatic heterocycles. The molecule has 0 aromatic carbocycles. The number of halogens is 12. The minimum atomic E-state index is -1.85. The lowest BCUT2D eigenvalue weighted by Gasteiger charge is -2.20. The molecule has 16 heavy (non-hydrogen) atoms. The second-order valence-corrected chi connectivity index (χ2v) is 13.4. The van der Waals surface area contributed by atoms with Gasteiger partial charge in [-0.3, -0.25) is 0 Å². The van der Waals surface area contributed by atoms with Gasteiger partial charge in [-0.05, 0) is 31.9 Å². The third-order valence-corrected chi connectivity index (χ3v) is 7.37. The molecule has 0 amide bonds. The summed E-state index contributed by atoms with van der Waals surface area (Å²) in [7, 11) is 0. The summed E-state index contributed by atoms with van der Waals surface area (Å²) in [5.74, 6) is 0. The van der Waals surface area contributed by atoms with Crippen LogP contribution in [0.15, 0.2) is 0 Å². The lowest BCUT2D eigenvalue weighted by Crippen LogP contribution is -2.23. The molecule has 0 aromatic heterocycles. The van der Waals surface area contributed by atoms with Crippen molar-refractivity contribution in [3.63, 3.8) is 0 Å². The number of alkyl halides is 12. The average molecular weight is 562 g/mol. The highest BCUT2D eigenvalue weighted by molar-refractivity contribution is 9.14. The summed E-state index contributed by atoms with van der Waals surface area (Å²) >= 11 is 58.0. The Balaban J connectivity index is 0. The van der Waals surface area contributed by atoms with Crippen LogP contribution in [-0.2, 0) is 0 Å². The first-order valence-corrected chi connectivity index (χ1v) is 8.13. The Kier molecular flexibility index (Phi) is 10.7. The molecule has 0 N–H and O–H groups in total. The van der Waals surface area contributed by atoms with E-state index in [2.05, 4.69) is 31.9 Å². The first-order chi connectivity index (χ1) is 6.50. The number of hydrogen-bond acceptors (Lipinski definition) is 0. The van der Waals surface area contributed by atoms with Gasteiger partial charge in [-0.2, -0.15) is 0 Å². The van der Waals surface area contributed by atoms with E-state index in [4.69, 9.17) is 116 Å². The lowest BCUT2D eigenvalue weighted by atomic mass is 10.9. The molecule has 0 atom stereocenters. The Morgan fingerprint density at radius 1 is 0.438 bits per heavy atom. The molecule has 0 aliphatic carbocycles. The molecule has 0 aromatic rings. The van der Waals surface area contributed by atoms with Crippen molar-refractivity contribution in [1.29, 1.82) is 0 Å². The van der Waals surface area contributed by atoms with Gasteiger partial charge in [0.2, 0.25) is 14.1 Å². The van der Waals surface area contributed by atoms with E-state index in [1.807, 2.05) is 0 Å². The van der Waals surface area contributed by atoms with E-state index in [-0.39, 0.29) is 0 Å². The van der Waals surface area contributed by atoms with E-state index < -0.39 is 14.1 Å². The van der Waals surface area contributed by atoms with Gasteiger partial charge < -0.3 is 0 Å². The van der Waals surface area contributed by atoms with Gasteiger partial charge in [-0.15, -0.1) is 0 Å². The molecular formula is C4Br2Cl10. The summed E-state index contributed by atoms with van der Waals surface area (Å²) in [5.41, 5.74) is 0. The van der Waals surface area contributed by atoms with E-state index in [1.165, 1.54) is 0 Å². The first kappa shape index (κ1) is 22.1. The zero-order valence-corrected chi connectivity index (χ0v) is 17.3. The normalized spacial score (nSPS) is 14.2. The summed E-state index contributed by atoms with van der Waals surface area (Å²) in [6.45, 7) is 0. The van der Waals surface area contributed by atoms with Crippen LogP contribution in [0.1, 0.15) is 0 Å². The molecule has 0 rings (SSSR count). The molecule has 0 nitrogen and oxygen atoms in total. The topological polar surface area (TPSA) is 0 Å². The molecule has 0 spiro atoms. The number of rotatable bonds is 1. The molecule has 0 heterocycles. The maximum absolute atomic E-state index is 5.38. The van der Waals surface area contributed by atoms with Crippen molar-refractivity contribution in [2.24, 2.45) is 0 Å². The molecule has 0 unspecified atom stereocenters. The Morgan fingerprint density at radius 3 is 0.562 bits per heavy atom. The molecule has 12 heteroatoms. The van der Waals surface area contributed by atoms with E-state index >= 15 is 0 Å². The second kappa shape index (κ2) is 7.75. The van der Waals surface area contributed by atoms with Crippen molar-refractivity contribution in [2.45, 2.75) is 14.1 Å². The van der Waals surface area contributed by atoms with E-state index in [9.17, 15) is 0 Å². The zero-order chi connectivity index (χ0) is 14.0. The van der Waals surface area contributed by atoms with Crippen LogP contribution in [-0.4, -0.2) is 14.1 Å². The van der Waals surface area contributed by atoms with Gasteiger partial charge in [0.15, 0.2) is 0 Å². The van der Waals surface area contributed by atoms with Crippen molar-refractivity contribution in [3.05, 3.63) is 0 Å². The molecule has 0 saturated heterocycles. The predicted octanol–water partition coefficient (Wildman–Crippen LogP) is 7.77. The van der Waals surface area contributed by atoms with Crippen molar-refractivity contribution in [1.82, 2.24) is 0 Å². The minimum absolute atomic E-state index is 1.36. The van der Waals surface area contributed by atoms with Crippen LogP contribution in [0.5, 0.6) is 0 Å². The highest BCUT2D eigenvalue weighted by Gasteiger charge is 2.44. The van der Waals surface area contributed by atoms with E-state index in [0.29, 0.717) is 0 Å². The van der Waals surface area contributed by atoms with Gasteiger partial charge in [0.1, 0.15) is 0 Å². The Labute approximate surface area is 160 Å². The summed E-state index contributed by atoms with van der Waals surface area (Å²) in [6, 6.07) is 0. The fraction of sp³-hybridized carbons (Fsp3) is 1.00. The molecule has 0 saturated carbocycles. The summed E-state index contributed by atoms with van der Waals surface area (Å²) < 4.78 is -6.42. The fourth-order valence-corrected chi connectivity index (χ4v) is 0. The zero-order valence-electron chi connectivity index (χ0n) is 6.54. The molecule has 0 fully saturated rings. The monoisotopic (exact) mass is 556 g/mol. The minimum Gasteiger partial charge on any atom is -0.0844 e. The van der Waals surface area contributed by atoms with Gasteiger partial charge in [0, 0.05) is 0 Å². The maximum Gasteiger partial charge on any atom is 0.236 e. The highest BCUT2D eigenvalue weighted by atomic mass is 79.9. The van der Waals surface area contributed by atoms with Crippen LogP contribution in [0.2, 0.25) is 0 Å². The van der Waals surface area contributed by atoms with Crippen molar-refractivity contribution in [3.8, 4) is 0 Å². The molecular weight excluding hydrogens is 562 g/mol. The van der Waals surface area contributed by atoms with Crippen molar-refractivity contribution >= 4 is 148 Å². The van der Waals surface area contributed by atoms with E-state index in [1.54, 1.807) is 0 Å². The lowest BCUT2D eigenvalue weighted by molar-refractivity contribution is 1.10. The van der Waals surface area contributed by atoms with Crippen molar-refractivity contribution < 1.29 is 0 Å². The third-order valence-electron chi connectivity index (χ3n) is 0.643. The quantitative estimate of drug-likeness (QED) is 0.287. The Morgan fingerprint density at radius 2 is 0.562 bits per heavy atom. The molecule has 0 radical (unpaired) electrons. The van der Waals surface area contributed by atoms with Gasteiger partial charge in [0.25, 0.3) is 0 Å². The van der Waals surface area contributed by atoms with Gasteiger partial charge in [-0.25, -0.2) is 0 Å². The second-order valence-electron chi connectivity index (χ2n) is 1.99. The summed E-state index contributed by atoms with van der Waals surface area (Å²) in [5, 5.41) is 0. The molecule has 100 valence electrons. The maximum atomic E-state index is 5.38. The SMILES string of the molecule is ClC(Cl)(Br)C(Cl)(Cl)Br.ClC(Cl)(Cl)C(Cl)(Cl)Cl. The fourth-order valence-electron chi connectivity index (χ4n) is 0. The summed E-state index contributed by atoms with van der Waals surface area (Å²) in [4.78, 5) is 0. The first-order valence-electron chi connectivity index (χ1n) is 2.77. The number of hydrogen-bond donors (Lipinski definition) is 0. The van der Waals surface area contributed by atoms with Crippen molar-refractivity contribution in [2.75, 3.05) is 0 Å². The van der Waals surface area contributed by atoms with Crippen LogP contribution < -0.4 is 0 Å². The largest absolute Gasteiger partial charge is 0.236 e. The molecule has 0 bridgehead atoms. The van der Waals surface area contributed by atoms with Crippen LogP contribution in [0.3, 0.4) is 0 Å².